The second-order valence-corrected chi connectivity index (χ2v) is 4.02. The van der Waals surface area contributed by atoms with E-state index in [4.69, 9.17) is 4.74 Å². The van der Waals surface area contributed by atoms with Crippen molar-refractivity contribution in [1.29, 1.82) is 0 Å². The summed E-state index contributed by atoms with van der Waals surface area (Å²) >= 11 is 0. The van der Waals surface area contributed by atoms with Gasteiger partial charge in [0.25, 0.3) is 0 Å². The molecule has 0 saturated heterocycles. The molecule has 2 heteroatoms. The van der Waals surface area contributed by atoms with Gasteiger partial charge in [-0.15, -0.1) is 0 Å². The number of aliphatic hydroxyl groups is 1. The molecule has 0 aliphatic carbocycles. The standard InChI is InChI=1S/C13H20O2/c1-11(12(2)14)7-6-10-15-13-8-4-3-5-9-13/h3-5,8-9,11-12,14H,6-7,10H2,1-2H3. The fraction of sp³-hybridized carbons (Fsp3) is 0.538. The van der Waals surface area contributed by atoms with Gasteiger partial charge in [0.1, 0.15) is 5.75 Å². The van der Waals surface area contributed by atoms with Crippen LogP contribution in [0.3, 0.4) is 0 Å². The van der Waals surface area contributed by atoms with Crippen LogP contribution >= 0.6 is 0 Å². The van der Waals surface area contributed by atoms with Crippen LogP contribution in [0.5, 0.6) is 5.75 Å². The summed E-state index contributed by atoms with van der Waals surface area (Å²) in [5, 5.41) is 9.30. The Labute approximate surface area is 91.9 Å². The summed E-state index contributed by atoms with van der Waals surface area (Å²) in [6.07, 6.45) is 1.77. The molecule has 2 nitrogen and oxygen atoms in total. The third-order valence-corrected chi connectivity index (χ3v) is 2.64. The number of hydrogen-bond donors (Lipinski definition) is 1. The van der Waals surface area contributed by atoms with E-state index < -0.39 is 0 Å². The minimum atomic E-state index is -0.221. The molecule has 0 amide bonds. The lowest BCUT2D eigenvalue weighted by molar-refractivity contribution is 0.125. The van der Waals surface area contributed by atoms with E-state index in [1.54, 1.807) is 0 Å². The van der Waals surface area contributed by atoms with Crippen LogP contribution in [0.1, 0.15) is 26.7 Å². The van der Waals surface area contributed by atoms with E-state index in [0.29, 0.717) is 5.92 Å². The molecule has 2 atom stereocenters. The minimum absolute atomic E-state index is 0.221. The van der Waals surface area contributed by atoms with Crippen LogP contribution < -0.4 is 4.74 Å². The predicted molar refractivity (Wildman–Crippen MR) is 62.0 cm³/mol. The molecule has 0 spiro atoms. The number of ether oxygens (including phenoxy) is 1. The average Bonchev–Trinajstić information content (AvgIpc) is 2.25. The van der Waals surface area contributed by atoms with Gasteiger partial charge >= 0.3 is 0 Å². The summed E-state index contributed by atoms with van der Waals surface area (Å²) in [5.74, 6) is 1.27. The first-order chi connectivity index (χ1) is 7.20. The van der Waals surface area contributed by atoms with Crippen molar-refractivity contribution in [2.75, 3.05) is 6.61 Å². The second-order valence-electron chi connectivity index (χ2n) is 4.02. The van der Waals surface area contributed by atoms with Gasteiger partial charge in [0.05, 0.1) is 12.7 Å². The van der Waals surface area contributed by atoms with Crippen LogP contribution in [-0.4, -0.2) is 17.8 Å². The van der Waals surface area contributed by atoms with Gasteiger partial charge in [0.15, 0.2) is 0 Å². The predicted octanol–water partition coefficient (Wildman–Crippen LogP) is 2.86. The van der Waals surface area contributed by atoms with Crippen LogP contribution in [0.25, 0.3) is 0 Å². The quantitative estimate of drug-likeness (QED) is 0.728. The Morgan fingerprint density at radius 2 is 1.87 bits per heavy atom. The Morgan fingerprint density at radius 1 is 1.20 bits per heavy atom. The van der Waals surface area contributed by atoms with Crippen molar-refractivity contribution in [3.8, 4) is 5.75 Å². The molecule has 0 bridgehead atoms. The topological polar surface area (TPSA) is 29.5 Å². The molecule has 0 heterocycles. The summed E-state index contributed by atoms with van der Waals surface area (Å²) < 4.78 is 5.55. The zero-order valence-electron chi connectivity index (χ0n) is 9.52. The van der Waals surface area contributed by atoms with Gasteiger partial charge < -0.3 is 9.84 Å². The summed E-state index contributed by atoms with van der Waals surface area (Å²) in [4.78, 5) is 0. The van der Waals surface area contributed by atoms with Crippen molar-refractivity contribution < 1.29 is 9.84 Å². The molecule has 0 aliphatic rings. The molecule has 0 aliphatic heterocycles. The molecule has 0 fully saturated rings. The molecular formula is C13H20O2. The van der Waals surface area contributed by atoms with Gasteiger partial charge in [-0.25, -0.2) is 0 Å². The van der Waals surface area contributed by atoms with E-state index in [1.165, 1.54) is 0 Å². The van der Waals surface area contributed by atoms with Gasteiger partial charge in [-0.1, -0.05) is 25.1 Å². The molecule has 0 radical (unpaired) electrons. The zero-order chi connectivity index (χ0) is 11.1. The van der Waals surface area contributed by atoms with Crippen LogP contribution in [0, 0.1) is 5.92 Å². The summed E-state index contributed by atoms with van der Waals surface area (Å²) in [6.45, 7) is 4.62. The highest BCUT2D eigenvalue weighted by Crippen LogP contribution is 2.12. The van der Waals surface area contributed by atoms with Gasteiger partial charge in [-0.3, -0.25) is 0 Å². The highest BCUT2D eigenvalue weighted by atomic mass is 16.5. The first-order valence-electron chi connectivity index (χ1n) is 5.56. The average molecular weight is 208 g/mol. The Morgan fingerprint density at radius 3 is 2.47 bits per heavy atom. The minimum Gasteiger partial charge on any atom is -0.494 e. The third-order valence-electron chi connectivity index (χ3n) is 2.64. The molecule has 0 saturated carbocycles. The lowest BCUT2D eigenvalue weighted by atomic mass is 10.0. The summed E-state index contributed by atoms with van der Waals surface area (Å²) in [6, 6.07) is 9.82. The van der Waals surface area contributed by atoms with Crippen molar-refractivity contribution in [3.05, 3.63) is 30.3 Å². The van der Waals surface area contributed by atoms with Crippen LogP contribution in [0.4, 0.5) is 0 Å². The van der Waals surface area contributed by atoms with E-state index in [0.717, 1.165) is 25.2 Å². The second kappa shape index (κ2) is 6.46. The Balaban J connectivity index is 2.12. The van der Waals surface area contributed by atoms with E-state index >= 15 is 0 Å². The van der Waals surface area contributed by atoms with Gasteiger partial charge in [-0.2, -0.15) is 0 Å². The highest BCUT2D eigenvalue weighted by Gasteiger charge is 2.07. The molecule has 1 rings (SSSR count). The molecule has 1 N–H and O–H groups in total. The van der Waals surface area contributed by atoms with Crippen molar-refractivity contribution in [2.45, 2.75) is 32.8 Å². The smallest absolute Gasteiger partial charge is 0.119 e. The Hall–Kier alpha value is -1.02. The van der Waals surface area contributed by atoms with E-state index in [-0.39, 0.29) is 6.10 Å². The number of para-hydroxylation sites is 1. The van der Waals surface area contributed by atoms with Crippen LogP contribution in [0.2, 0.25) is 0 Å². The Bertz CT molecular complexity index is 256. The molecular weight excluding hydrogens is 188 g/mol. The van der Waals surface area contributed by atoms with Crippen LogP contribution in [-0.2, 0) is 0 Å². The summed E-state index contributed by atoms with van der Waals surface area (Å²) in [5.41, 5.74) is 0. The lowest BCUT2D eigenvalue weighted by Crippen LogP contribution is -2.13. The fourth-order valence-electron chi connectivity index (χ4n) is 1.35. The first-order valence-corrected chi connectivity index (χ1v) is 5.56. The van der Waals surface area contributed by atoms with Gasteiger partial charge in [0.2, 0.25) is 0 Å². The van der Waals surface area contributed by atoms with Crippen LogP contribution in [0.15, 0.2) is 30.3 Å². The van der Waals surface area contributed by atoms with E-state index in [2.05, 4.69) is 6.92 Å². The van der Waals surface area contributed by atoms with Gasteiger partial charge in [-0.05, 0) is 37.8 Å². The van der Waals surface area contributed by atoms with Crippen molar-refractivity contribution in [1.82, 2.24) is 0 Å². The molecule has 0 aromatic heterocycles. The maximum absolute atomic E-state index is 9.30. The molecule has 2 unspecified atom stereocenters. The zero-order valence-corrected chi connectivity index (χ0v) is 9.52. The van der Waals surface area contributed by atoms with Crippen molar-refractivity contribution in [3.63, 3.8) is 0 Å². The lowest BCUT2D eigenvalue weighted by Gasteiger charge is -2.14. The maximum Gasteiger partial charge on any atom is 0.119 e. The largest absolute Gasteiger partial charge is 0.494 e. The monoisotopic (exact) mass is 208 g/mol. The number of benzene rings is 1. The van der Waals surface area contributed by atoms with Gasteiger partial charge in [0, 0.05) is 0 Å². The molecule has 1 aromatic rings. The van der Waals surface area contributed by atoms with Crippen molar-refractivity contribution >= 4 is 0 Å². The Kier molecular flexibility index (Phi) is 5.19. The summed E-state index contributed by atoms with van der Waals surface area (Å²) in [7, 11) is 0. The number of aliphatic hydroxyl groups excluding tert-OH is 1. The number of rotatable bonds is 6. The number of hydrogen-bond acceptors (Lipinski definition) is 2. The molecule has 15 heavy (non-hydrogen) atoms. The SMILES string of the molecule is CC(O)C(C)CCCOc1ccccc1. The normalized spacial score (nSPS) is 14.6. The molecule has 1 aromatic carbocycles. The van der Waals surface area contributed by atoms with Crippen molar-refractivity contribution in [2.24, 2.45) is 5.92 Å². The molecule has 84 valence electrons. The van der Waals surface area contributed by atoms with E-state index in [9.17, 15) is 5.11 Å². The third kappa shape index (κ3) is 4.84. The maximum atomic E-state index is 9.30. The fourth-order valence-corrected chi connectivity index (χ4v) is 1.35. The van der Waals surface area contributed by atoms with E-state index in [1.807, 2.05) is 37.3 Å². The first kappa shape index (κ1) is 12.1. The highest BCUT2D eigenvalue weighted by molar-refractivity contribution is 5.20.